The van der Waals surface area contributed by atoms with E-state index >= 15 is 0 Å². The second-order valence-electron chi connectivity index (χ2n) is 3.94. The fraction of sp³-hybridized carbons (Fsp3) is 0.143. The Bertz CT molecular complexity index is 605. The molecule has 0 aliphatic carbocycles. The highest BCUT2D eigenvalue weighted by Crippen LogP contribution is 2.23. The molecule has 1 heterocycles. The normalized spacial score (nSPS) is 10.1. The van der Waals surface area contributed by atoms with Crippen LogP contribution in [0.25, 0.3) is 0 Å². The number of hydrogen-bond donors (Lipinski definition) is 1. The molecule has 104 valence electrons. The van der Waals surface area contributed by atoms with Crippen molar-refractivity contribution in [2.24, 2.45) is 0 Å². The number of hydrogen-bond acceptors (Lipinski definition) is 3. The maximum absolute atomic E-state index is 11.7. The van der Waals surface area contributed by atoms with E-state index < -0.39 is 0 Å². The van der Waals surface area contributed by atoms with Crippen molar-refractivity contribution in [3.05, 3.63) is 52.6 Å². The van der Waals surface area contributed by atoms with Gasteiger partial charge in [-0.1, -0.05) is 35.3 Å². The van der Waals surface area contributed by atoms with E-state index in [4.69, 9.17) is 27.9 Å². The Kier molecular flexibility index (Phi) is 5.21. The highest BCUT2D eigenvalue weighted by Gasteiger charge is 2.05. The third-order valence-electron chi connectivity index (χ3n) is 2.41. The lowest BCUT2D eigenvalue weighted by atomic mass is 10.3. The molecular weight excluding hydrogens is 299 g/mol. The van der Waals surface area contributed by atoms with Crippen molar-refractivity contribution in [3.63, 3.8) is 0 Å². The fourth-order valence-electron chi connectivity index (χ4n) is 1.49. The molecule has 0 saturated heterocycles. The number of halogens is 2. The summed E-state index contributed by atoms with van der Waals surface area (Å²) in [5, 5.41) is 3.67. The maximum atomic E-state index is 11.7. The Morgan fingerprint density at radius 1 is 1.25 bits per heavy atom. The molecule has 0 saturated carbocycles. The molecule has 1 aromatic carbocycles. The minimum Gasteiger partial charge on any atom is -0.491 e. The molecule has 0 bridgehead atoms. The molecule has 0 unspecified atom stereocenters. The van der Waals surface area contributed by atoms with Gasteiger partial charge in [0.2, 0.25) is 5.91 Å². The fourth-order valence-corrected chi connectivity index (χ4v) is 1.84. The molecule has 1 aromatic heterocycles. The molecule has 0 radical (unpaired) electrons. The van der Waals surface area contributed by atoms with Crippen LogP contribution in [0.5, 0.6) is 5.75 Å². The molecule has 0 atom stereocenters. The molecule has 20 heavy (non-hydrogen) atoms. The molecule has 0 aliphatic rings. The third kappa shape index (κ3) is 4.40. The van der Waals surface area contributed by atoms with Crippen LogP contribution < -0.4 is 10.1 Å². The summed E-state index contributed by atoms with van der Waals surface area (Å²) in [4.78, 5) is 15.7. The SMILES string of the molecule is O=C(CCOc1ccccc1Cl)Nc1cc(Cl)ccn1. The minimum atomic E-state index is -0.202. The molecule has 2 rings (SSSR count). The number of nitrogens with one attached hydrogen (secondary N) is 1. The predicted molar refractivity (Wildman–Crippen MR) is 79.4 cm³/mol. The summed E-state index contributed by atoms with van der Waals surface area (Å²) in [6.45, 7) is 0.232. The van der Waals surface area contributed by atoms with Gasteiger partial charge in [0.05, 0.1) is 18.1 Å². The van der Waals surface area contributed by atoms with Crippen molar-refractivity contribution in [1.29, 1.82) is 0 Å². The van der Waals surface area contributed by atoms with Crippen molar-refractivity contribution < 1.29 is 9.53 Å². The van der Waals surface area contributed by atoms with E-state index in [1.165, 1.54) is 6.20 Å². The number of rotatable bonds is 5. The maximum Gasteiger partial charge on any atom is 0.228 e. The van der Waals surface area contributed by atoms with Gasteiger partial charge in [-0.2, -0.15) is 0 Å². The monoisotopic (exact) mass is 310 g/mol. The predicted octanol–water partition coefficient (Wildman–Crippen LogP) is 3.80. The first-order valence-electron chi connectivity index (χ1n) is 5.94. The zero-order chi connectivity index (χ0) is 14.4. The lowest BCUT2D eigenvalue weighted by Gasteiger charge is -2.08. The molecular formula is C14H12Cl2N2O2. The highest BCUT2D eigenvalue weighted by atomic mass is 35.5. The van der Waals surface area contributed by atoms with E-state index in [0.29, 0.717) is 21.6 Å². The van der Waals surface area contributed by atoms with Crippen LogP contribution in [0.15, 0.2) is 42.6 Å². The minimum absolute atomic E-state index is 0.194. The van der Waals surface area contributed by atoms with Crippen molar-refractivity contribution in [3.8, 4) is 5.75 Å². The van der Waals surface area contributed by atoms with Crippen molar-refractivity contribution in [2.45, 2.75) is 6.42 Å². The summed E-state index contributed by atoms with van der Waals surface area (Å²) in [6, 6.07) is 10.3. The van der Waals surface area contributed by atoms with Crippen molar-refractivity contribution in [1.82, 2.24) is 4.98 Å². The number of carbonyl (C=O) groups excluding carboxylic acids is 1. The van der Waals surface area contributed by atoms with E-state index in [-0.39, 0.29) is 18.9 Å². The highest BCUT2D eigenvalue weighted by molar-refractivity contribution is 6.32. The van der Waals surface area contributed by atoms with Gasteiger partial charge in [0.15, 0.2) is 0 Å². The summed E-state index contributed by atoms with van der Waals surface area (Å²) < 4.78 is 5.43. The zero-order valence-corrected chi connectivity index (χ0v) is 12.0. The van der Waals surface area contributed by atoms with Gasteiger partial charge in [-0.25, -0.2) is 4.98 Å². The number of ether oxygens (including phenoxy) is 1. The summed E-state index contributed by atoms with van der Waals surface area (Å²) in [5.74, 6) is 0.773. The van der Waals surface area contributed by atoms with Gasteiger partial charge in [0.1, 0.15) is 11.6 Å². The lowest BCUT2D eigenvalue weighted by Crippen LogP contribution is -2.16. The second kappa shape index (κ2) is 7.12. The number of carbonyl (C=O) groups is 1. The lowest BCUT2D eigenvalue weighted by molar-refractivity contribution is -0.116. The molecule has 0 fully saturated rings. The Morgan fingerprint density at radius 3 is 2.80 bits per heavy atom. The number of para-hydroxylation sites is 1. The molecule has 2 aromatic rings. The summed E-state index contributed by atoms with van der Waals surface area (Å²) >= 11 is 11.7. The van der Waals surface area contributed by atoms with E-state index in [1.807, 2.05) is 12.1 Å². The van der Waals surface area contributed by atoms with Gasteiger partial charge < -0.3 is 10.1 Å². The Balaban J connectivity index is 1.80. The smallest absolute Gasteiger partial charge is 0.228 e. The van der Waals surface area contributed by atoms with Gasteiger partial charge in [-0.3, -0.25) is 4.79 Å². The second-order valence-corrected chi connectivity index (χ2v) is 4.78. The summed E-state index contributed by atoms with van der Waals surface area (Å²) in [6.07, 6.45) is 1.72. The third-order valence-corrected chi connectivity index (χ3v) is 2.96. The average molecular weight is 311 g/mol. The van der Waals surface area contributed by atoms with Gasteiger partial charge in [0, 0.05) is 11.2 Å². The van der Waals surface area contributed by atoms with Crippen molar-refractivity contribution in [2.75, 3.05) is 11.9 Å². The molecule has 4 nitrogen and oxygen atoms in total. The molecule has 0 spiro atoms. The van der Waals surface area contributed by atoms with Gasteiger partial charge in [-0.05, 0) is 24.3 Å². The molecule has 1 N–H and O–H groups in total. The number of aromatic nitrogens is 1. The van der Waals surface area contributed by atoms with E-state index in [1.54, 1.807) is 24.3 Å². The van der Waals surface area contributed by atoms with Gasteiger partial charge >= 0.3 is 0 Å². The number of pyridine rings is 1. The number of benzene rings is 1. The van der Waals surface area contributed by atoms with Gasteiger partial charge in [0.25, 0.3) is 0 Å². The standard InChI is InChI=1S/C14H12Cl2N2O2/c15-10-5-7-17-13(9-10)18-14(19)6-8-20-12-4-2-1-3-11(12)16/h1-5,7,9H,6,8H2,(H,17,18,19). The van der Waals surface area contributed by atoms with Crippen molar-refractivity contribution >= 4 is 34.9 Å². The van der Waals surface area contributed by atoms with Crippen LogP contribution in [0, 0.1) is 0 Å². The summed E-state index contributed by atoms with van der Waals surface area (Å²) in [7, 11) is 0. The molecule has 1 amide bonds. The topological polar surface area (TPSA) is 51.2 Å². The van der Waals surface area contributed by atoms with Crippen LogP contribution >= 0.6 is 23.2 Å². The Labute approximate surface area is 126 Å². The first kappa shape index (κ1) is 14.6. The quantitative estimate of drug-likeness (QED) is 0.914. The largest absolute Gasteiger partial charge is 0.491 e. The first-order valence-corrected chi connectivity index (χ1v) is 6.69. The number of anilines is 1. The van der Waals surface area contributed by atoms with Crippen LogP contribution in [0.4, 0.5) is 5.82 Å². The van der Waals surface area contributed by atoms with Crippen LogP contribution in [0.2, 0.25) is 10.0 Å². The number of amides is 1. The number of nitrogens with zero attached hydrogens (tertiary/aromatic N) is 1. The van der Waals surface area contributed by atoms with Crippen LogP contribution in [-0.2, 0) is 4.79 Å². The van der Waals surface area contributed by atoms with Crippen LogP contribution in [0.3, 0.4) is 0 Å². The van der Waals surface area contributed by atoms with Gasteiger partial charge in [-0.15, -0.1) is 0 Å². The van der Waals surface area contributed by atoms with E-state index in [2.05, 4.69) is 10.3 Å². The van der Waals surface area contributed by atoms with E-state index in [9.17, 15) is 4.79 Å². The van der Waals surface area contributed by atoms with E-state index in [0.717, 1.165) is 0 Å². The Hall–Kier alpha value is -1.78. The average Bonchev–Trinajstić information content (AvgIpc) is 2.41. The molecule has 6 heteroatoms. The first-order chi connectivity index (χ1) is 9.65. The zero-order valence-electron chi connectivity index (χ0n) is 10.5. The van der Waals surface area contributed by atoms with Crippen LogP contribution in [-0.4, -0.2) is 17.5 Å². The summed E-state index contributed by atoms with van der Waals surface area (Å²) in [5.41, 5.74) is 0. The Morgan fingerprint density at radius 2 is 2.05 bits per heavy atom. The molecule has 0 aliphatic heterocycles. The van der Waals surface area contributed by atoms with Crippen LogP contribution in [0.1, 0.15) is 6.42 Å².